The topological polar surface area (TPSA) is 68.1 Å². The summed E-state index contributed by atoms with van der Waals surface area (Å²) in [6.45, 7) is 0.545. The quantitative estimate of drug-likeness (QED) is 0.633. The van der Waals surface area contributed by atoms with Crippen molar-refractivity contribution >= 4 is 43.2 Å². The van der Waals surface area contributed by atoms with Crippen LogP contribution in [0.3, 0.4) is 0 Å². The van der Waals surface area contributed by atoms with Gasteiger partial charge in [0.2, 0.25) is 0 Å². The zero-order chi connectivity index (χ0) is 13.8. The fourth-order valence-electron chi connectivity index (χ4n) is 1.46. The van der Waals surface area contributed by atoms with E-state index in [0.29, 0.717) is 11.0 Å². The van der Waals surface area contributed by atoms with Gasteiger partial charge in [0.05, 0.1) is 17.2 Å². The molecule has 0 radical (unpaired) electrons. The molecule has 19 heavy (non-hydrogen) atoms. The molecule has 0 atom stereocenters. The van der Waals surface area contributed by atoms with E-state index in [1.165, 1.54) is 12.1 Å². The van der Waals surface area contributed by atoms with Gasteiger partial charge in [-0.05, 0) is 50.1 Å². The molecule has 0 aliphatic rings. The van der Waals surface area contributed by atoms with Crippen molar-refractivity contribution < 1.29 is 4.92 Å². The Labute approximate surface area is 126 Å². The lowest BCUT2D eigenvalue weighted by Gasteiger charge is -2.08. The summed E-state index contributed by atoms with van der Waals surface area (Å²) in [5, 5.41) is 13.8. The van der Waals surface area contributed by atoms with E-state index in [0.717, 1.165) is 15.9 Å². The van der Waals surface area contributed by atoms with Crippen LogP contribution in [0.2, 0.25) is 0 Å². The summed E-state index contributed by atoms with van der Waals surface area (Å²) >= 11 is 6.63. The minimum absolute atomic E-state index is 0.0548. The highest BCUT2D eigenvalue weighted by Crippen LogP contribution is 2.27. The summed E-state index contributed by atoms with van der Waals surface area (Å²) in [6, 6.07) is 8.41. The molecule has 0 bridgehead atoms. The van der Waals surface area contributed by atoms with Gasteiger partial charge in [0.15, 0.2) is 0 Å². The van der Waals surface area contributed by atoms with Gasteiger partial charge < -0.3 is 5.32 Å². The molecule has 0 saturated heterocycles. The number of benzene rings is 1. The molecule has 0 spiro atoms. The van der Waals surface area contributed by atoms with Crippen molar-refractivity contribution in [1.29, 1.82) is 0 Å². The zero-order valence-corrected chi connectivity index (χ0v) is 12.8. The molecule has 1 N–H and O–H groups in total. The van der Waals surface area contributed by atoms with Gasteiger partial charge in [-0.2, -0.15) is 0 Å². The molecular weight excluding hydrogens is 378 g/mol. The predicted molar refractivity (Wildman–Crippen MR) is 80.1 cm³/mol. The molecule has 0 aliphatic heterocycles. The van der Waals surface area contributed by atoms with Gasteiger partial charge in [0.25, 0.3) is 5.69 Å². The second kappa shape index (κ2) is 6.12. The first-order chi connectivity index (χ1) is 9.06. The van der Waals surface area contributed by atoms with E-state index in [4.69, 9.17) is 0 Å². The number of hydrogen-bond donors (Lipinski definition) is 1. The Kier molecular flexibility index (Phi) is 4.49. The summed E-state index contributed by atoms with van der Waals surface area (Å²) in [7, 11) is 0. The van der Waals surface area contributed by atoms with Crippen molar-refractivity contribution in [2.24, 2.45) is 0 Å². The summed E-state index contributed by atoms with van der Waals surface area (Å²) < 4.78 is 1.58. The minimum atomic E-state index is -0.426. The number of nitrogens with zero attached hydrogens (tertiary/aromatic N) is 2. The molecule has 1 heterocycles. The highest BCUT2D eigenvalue weighted by molar-refractivity contribution is 9.10. The summed E-state index contributed by atoms with van der Waals surface area (Å²) in [5.74, 6) is 0. The molecule has 5 nitrogen and oxygen atoms in total. The maximum Gasteiger partial charge on any atom is 0.270 e. The third-order valence-electron chi connectivity index (χ3n) is 2.41. The number of nitro benzene ring substituents is 1. The van der Waals surface area contributed by atoms with Crippen LogP contribution in [0, 0.1) is 10.1 Å². The lowest BCUT2D eigenvalue weighted by Crippen LogP contribution is -2.02. The van der Waals surface area contributed by atoms with Crippen LogP contribution in [0.1, 0.15) is 5.69 Å². The molecule has 2 rings (SSSR count). The Morgan fingerprint density at radius 1 is 1.26 bits per heavy atom. The Balaban J connectivity index is 2.07. The monoisotopic (exact) mass is 385 g/mol. The molecule has 0 aliphatic carbocycles. The van der Waals surface area contributed by atoms with Crippen molar-refractivity contribution in [2.45, 2.75) is 6.54 Å². The van der Waals surface area contributed by atoms with Gasteiger partial charge in [-0.15, -0.1) is 0 Å². The van der Waals surface area contributed by atoms with Crippen LogP contribution in [0.15, 0.2) is 45.5 Å². The second-order valence-corrected chi connectivity index (χ2v) is 5.51. The first-order valence-electron chi connectivity index (χ1n) is 5.34. The second-order valence-electron chi connectivity index (χ2n) is 3.74. The standard InChI is InChI=1S/C12H9Br2N3O2/c13-8-1-2-9(15-6-8)7-16-12-4-3-10(17(18)19)5-11(12)14/h1-6,16H,7H2. The number of non-ortho nitro benzene ring substituents is 1. The summed E-state index contributed by atoms with van der Waals surface area (Å²) in [5.41, 5.74) is 1.72. The third-order valence-corrected chi connectivity index (χ3v) is 3.54. The normalized spacial score (nSPS) is 10.2. The van der Waals surface area contributed by atoms with E-state index in [9.17, 15) is 10.1 Å². The molecule has 98 valence electrons. The van der Waals surface area contributed by atoms with E-state index in [1.807, 2.05) is 12.1 Å². The number of rotatable bonds is 4. The Hall–Kier alpha value is -1.47. The van der Waals surface area contributed by atoms with E-state index in [2.05, 4.69) is 42.2 Å². The van der Waals surface area contributed by atoms with Crippen LogP contribution in [0.4, 0.5) is 11.4 Å². The number of aromatic nitrogens is 1. The Morgan fingerprint density at radius 3 is 2.63 bits per heavy atom. The van der Waals surface area contributed by atoms with Gasteiger partial charge in [-0.3, -0.25) is 15.1 Å². The first-order valence-corrected chi connectivity index (χ1v) is 6.93. The van der Waals surface area contributed by atoms with Crippen LogP contribution in [0.5, 0.6) is 0 Å². The summed E-state index contributed by atoms with van der Waals surface area (Å²) in [4.78, 5) is 14.4. The van der Waals surface area contributed by atoms with Gasteiger partial charge in [0.1, 0.15) is 0 Å². The largest absolute Gasteiger partial charge is 0.378 e. The molecule has 1 aromatic carbocycles. The average Bonchev–Trinajstić information content (AvgIpc) is 2.39. The maximum atomic E-state index is 10.6. The lowest BCUT2D eigenvalue weighted by molar-refractivity contribution is -0.384. The number of anilines is 1. The van der Waals surface area contributed by atoms with Crippen LogP contribution in [0.25, 0.3) is 0 Å². The third kappa shape index (κ3) is 3.74. The zero-order valence-electron chi connectivity index (χ0n) is 9.64. The molecule has 0 saturated carbocycles. The van der Waals surface area contributed by atoms with Crippen LogP contribution >= 0.6 is 31.9 Å². The molecule has 7 heteroatoms. The Bertz CT molecular complexity index is 602. The van der Waals surface area contributed by atoms with Crippen LogP contribution < -0.4 is 5.32 Å². The van der Waals surface area contributed by atoms with E-state index in [1.54, 1.807) is 12.3 Å². The molecule has 0 fully saturated rings. The molecule has 0 unspecified atom stereocenters. The number of halogens is 2. The maximum absolute atomic E-state index is 10.6. The van der Waals surface area contributed by atoms with Gasteiger partial charge in [0, 0.05) is 33.0 Å². The van der Waals surface area contributed by atoms with Gasteiger partial charge in [-0.25, -0.2) is 0 Å². The van der Waals surface area contributed by atoms with Crippen molar-refractivity contribution in [3.05, 3.63) is 61.3 Å². The van der Waals surface area contributed by atoms with Crippen LogP contribution in [-0.2, 0) is 6.54 Å². The predicted octanol–water partition coefficient (Wildman–Crippen LogP) is 4.13. The molecule has 1 aromatic heterocycles. The smallest absolute Gasteiger partial charge is 0.270 e. The SMILES string of the molecule is O=[N+]([O-])c1ccc(NCc2ccc(Br)cn2)c(Br)c1. The number of hydrogen-bond acceptors (Lipinski definition) is 4. The van der Waals surface area contributed by atoms with Crippen molar-refractivity contribution in [3.8, 4) is 0 Å². The lowest BCUT2D eigenvalue weighted by atomic mass is 10.2. The average molecular weight is 387 g/mol. The summed E-state index contributed by atoms with van der Waals surface area (Å²) in [6.07, 6.45) is 1.72. The highest BCUT2D eigenvalue weighted by Gasteiger charge is 2.08. The van der Waals surface area contributed by atoms with Gasteiger partial charge >= 0.3 is 0 Å². The minimum Gasteiger partial charge on any atom is -0.378 e. The first kappa shape index (κ1) is 14.0. The number of nitro groups is 1. The fourth-order valence-corrected chi connectivity index (χ4v) is 2.20. The van der Waals surface area contributed by atoms with E-state index in [-0.39, 0.29) is 5.69 Å². The van der Waals surface area contributed by atoms with Crippen molar-refractivity contribution in [3.63, 3.8) is 0 Å². The van der Waals surface area contributed by atoms with Crippen molar-refractivity contribution in [2.75, 3.05) is 5.32 Å². The molecular formula is C12H9Br2N3O2. The highest BCUT2D eigenvalue weighted by atomic mass is 79.9. The van der Waals surface area contributed by atoms with E-state index < -0.39 is 4.92 Å². The molecule has 0 amide bonds. The fraction of sp³-hybridized carbons (Fsp3) is 0.0833. The van der Waals surface area contributed by atoms with Gasteiger partial charge in [-0.1, -0.05) is 0 Å². The Morgan fingerprint density at radius 2 is 2.05 bits per heavy atom. The van der Waals surface area contributed by atoms with Crippen LogP contribution in [-0.4, -0.2) is 9.91 Å². The van der Waals surface area contributed by atoms with Crippen molar-refractivity contribution in [1.82, 2.24) is 4.98 Å². The van der Waals surface area contributed by atoms with E-state index >= 15 is 0 Å². The number of nitrogens with one attached hydrogen (secondary N) is 1. The number of pyridine rings is 1. The molecule has 2 aromatic rings.